The second kappa shape index (κ2) is 10.6. The average Bonchev–Trinajstić information content (AvgIpc) is 3.13. The molecule has 1 saturated carbocycles. The number of rotatable bonds is 8. The van der Waals surface area contributed by atoms with Crippen molar-refractivity contribution in [3.8, 4) is 0 Å². The maximum absolute atomic E-state index is 12.9. The number of urea groups is 1. The van der Waals surface area contributed by atoms with Gasteiger partial charge in [-0.25, -0.2) is 9.18 Å². The van der Waals surface area contributed by atoms with Crippen LogP contribution in [0.5, 0.6) is 0 Å². The van der Waals surface area contributed by atoms with Gasteiger partial charge < -0.3 is 15.5 Å². The molecule has 4 amide bonds. The highest BCUT2D eigenvalue weighted by atomic mass is 19.1. The van der Waals surface area contributed by atoms with Crippen LogP contribution >= 0.6 is 0 Å². The minimum atomic E-state index is -0.469. The molecule has 0 aliphatic heterocycles. The third kappa shape index (κ3) is 7.74. The zero-order valence-corrected chi connectivity index (χ0v) is 15.6. The van der Waals surface area contributed by atoms with Crippen molar-refractivity contribution in [3.63, 3.8) is 0 Å². The van der Waals surface area contributed by atoms with Gasteiger partial charge in [-0.2, -0.15) is 0 Å². The second-order valence-electron chi connectivity index (χ2n) is 6.86. The summed E-state index contributed by atoms with van der Waals surface area (Å²) in [4.78, 5) is 36.7. The molecule has 1 aliphatic rings. The minimum absolute atomic E-state index is 0.0402. The van der Waals surface area contributed by atoms with Crippen LogP contribution in [0, 0.1) is 5.82 Å². The van der Waals surface area contributed by atoms with Crippen molar-refractivity contribution in [1.29, 1.82) is 0 Å². The number of amides is 4. The summed E-state index contributed by atoms with van der Waals surface area (Å²) >= 11 is 0. The molecule has 8 heteroatoms. The van der Waals surface area contributed by atoms with E-state index in [0.29, 0.717) is 13.1 Å². The quantitative estimate of drug-likeness (QED) is 0.517. The molecule has 2 rings (SSSR count). The van der Waals surface area contributed by atoms with Crippen LogP contribution in [0.1, 0.15) is 38.2 Å². The van der Waals surface area contributed by atoms with E-state index >= 15 is 0 Å². The van der Waals surface area contributed by atoms with Crippen LogP contribution in [0.4, 0.5) is 9.18 Å². The zero-order chi connectivity index (χ0) is 19.6. The zero-order valence-electron chi connectivity index (χ0n) is 15.6. The van der Waals surface area contributed by atoms with E-state index in [1.54, 1.807) is 12.1 Å². The van der Waals surface area contributed by atoms with Crippen molar-refractivity contribution in [2.75, 3.05) is 19.6 Å². The lowest BCUT2D eigenvalue weighted by molar-refractivity contribution is -0.881. The van der Waals surface area contributed by atoms with Gasteiger partial charge >= 0.3 is 6.03 Å². The summed E-state index contributed by atoms with van der Waals surface area (Å²) in [5, 5.41) is 7.88. The van der Waals surface area contributed by atoms with E-state index in [-0.39, 0.29) is 30.9 Å². The molecule has 4 N–H and O–H groups in total. The lowest BCUT2D eigenvalue weighted by Crippen LogP contribution is -3.14. The number of nitrogens with one attached hydrogen (secondary N) is 4. The van der Waals surface area contributed by atoms with Crippen LogP contribution in [0.15, 0.2) is 24.3 Å². The first kappa shape index (κ1) is 20.8. The Kier molecular flexibility index (Phi) is 8.19. The monoisotopic (exact) mass is 379 g/mol. The lowest BCUT2D eigenvalue weighted by atomic mass is 10.2. The SMILES string of the molecule is CC[NH+](CC(=O)NCc1ccc(F)cc1)CC(=O)NC(=O)NC1CCCC1. The fraction of sp³-hybridized carbons (Fsp3) is 0.526. The largest absolute Gasteiger partial charge is 0.347 e. The van der Waals surface area contributed by atoms with E-state index in [1.807, 2.05) is 6.92 Å². The molecule has 1 fully saturated rings. The molecule has 0 saturated heterocycles. The number of halogens is 1. The predicted molar refractivity (Wildman–Crippen MR) is 98.4 cm³/mol. The summed E-state index contributed by atoms with van der Waals surface area (Å²) in [6.07, 6.45) is 4.09. The molecular formula is C19H28FN4O3+. The highest BCUT2D eigenvalue weighted by Gasteiger charge is 2.21. The molecule has 148 valence electrons. The first-order valence-corrected chi connectivity index (χ1v) is 9.41. The predicted octanol–water partition coefficient (Wildman–Crippen LogP) is 0.115. The Morgan fingerprint density at radius 1 is 1.07 bits per heavy atom. The van der Waals surface area contributed by atoms with Crippen LogP contribution in [0.3, 0.4) is 0 Å². The number of likely N-dealkylation sites (N-methyl/N-ethyl adjacent to an activating group) is 1. The Hall–Kier alpha value is -2.48. The van der Waals surface area contributed by atoms with Gasteiger partial charge in [0.1, 0.15) is 5.82 Å². The molecule has 0 aromatic heterocycles. The smallest absolute Gasteiger partial charge is 0.321 e. The van der Waals surface area contributed by atoms with Gasteiger partial charge in [-0.3, -0.25) is 14.9 Å². The Morgan fingerprint density at radius 3 is 2.33 bits per heavy atom. The summed E-state index contributed by atoms with van der Waals surface area (Å²) < 4.78 is 12.9. The summed E-state index contributed by atoms with van der Waals surface area (Å²) in [6, 6.07) is 5.57. The Labute approximate surface area is 158 Å². The van der Waals surface area contributed by atoms with Crippen molar-refractivity contribution < 1.29 is 23.7 Å². The van der Waals surface area contributed by atoms with Gasteiger partial charge in [0.15, 0.2) is 13.1 Å². The minimum Gasteiger partial charge on any atom is -0.347 e. The van der Waals surface area contributed by atoms with Gasteiger partial charge in [-0.15, -0.1) is 0 Å². The van der Waals surface area contributed by atoms with Crippen molar-refractivity contribution in [1.82, 2.24) is 16.0 Å². The molecular weight excluding hydrogens is 351 g/mol. The van der Waals surface area contributed by atoms with Crippen LogP contribution < -0.4 is 20.9 Å². The van der Waals surface area contributed by atoms with Crippen molar-refractivity contribution in [3.05, 3.63) is 35.6 Å². The molecule has 1 aromatic carbocycles. The van der Waals surface area contributed by atoms with Gasteiger partial charge in [-0.05, 0) is 37.5 Å². The topological polar surface area (TPSA) is 91.7 Å². The number of carbonyl (C=O) groups excluding carboxylic acids is 3. The van der Waals surface area contributed by atoms with Crippen LogP contribution in [-0.2, 0) is 16.1 Å². The number of hydrogen-bond donors (Lipinski definition) is 4. The number of benzene rings is 1. The first-order chi connectivity index (χ1) is 13.0. The van der Waals surface area contributed by atoms with Crippen LogP contribution in [0.2, 0.25) is 0 Å². The second-order valence-corrected chi connectivity index (χ2v) is 6.86. The Bertz CT molecular complexity index is 645. The normalized spacial score (nSPS) is 15.2. The highest BCUT2D eigenvalue weighted by molar-refractivity contribution is 5.94. The maximum Gasteiger partial charge on any atom is 0.321 e. The number of imide groups is 1. The molecule has 1 aliphatic carbocycles. The van der Waals surface area contributed by atoms with Gasteiger partial charge in [0, 0.05) is 12.6 Å². The highest BCUT2D eigenvalue weighted by Crippen LogP contribution is 2.17. The van der Waals surface area contributed by atoms with Crippen LogP contribution in [0.25, 0.3) is 0 Å². The molecule has 1 unspecified atom stereocenters. The van der Waals surface area contributed by atoms with Crippen molar-refractivity contribution >= 4 is 17.8 Å². The van der Waals surface area contributed by atoms with E-state index in [4.69, 9.17) is 0 Å². The van der Waals surface area contributed by atoms with E-state index < -0.39 is 11.9 Å². The van der Waals surface area contributed by atoms with E-state index in [0.717, 1.165) is 36.1 Å². The lowest BCUT2D eigenvalue weighted by Gasteiger charge is -2.17. The number of hydrogen-bond acceptors (Lipinski definition) is 3. The average molecular weight is 379 g/mol. The molecule has 0 radical (unpaired) electrons. The van der Waals surface area contributed by atoms with E-state index in [2.05, 4.69) is 16.0 Å². The van der Waals surface area contributed by atoms with Gasteiger partial charge in [0.2, 0.25) is 0 Å². The Morgan fingerprint density at radius 2 is 1.70 bits per heavy atom. The molecule has 0 bridgehead atoms. The maximum atomic E-state index is 12.9. The van der Waals surface area contributed by atoms with Gasteiger partial charge in [0.05, 0.1) is 6.54 Å². The first-order valence-electron chi connectivity index (χ1n) is 9.41. The van der Waals surface area contributed by atoms with Crippen molar-refractivity contribution in [2.45, 2.75) is 45.2 Å². The van der Waals surface area contributed by atoms with Crippen molar-refractivity contribution in [2.24, 2.45) is 0 Å². The fourth-order valence-corrected chi connectivity index (χ4v) is 3.09. The molecule has 0 spiro atoms. The third-order valence-corrected chi connectivity index (χ3v) is 4.67. The molecule has 7 nitrogen and oxygen atoms in total. The number of carbonyl (C=O) groups is 3. The molecule has 27 heavy (non-hydrogen) atoms. The molecule has 0 heterocycles. The number of quaternary nitrogens is 1. The summed E-state index contributed by atoms with van der Waals surface area (Å²) in [5.41, 5.74) is 0.795. The molecule has 1 aromatic rings. The summed E-state index contributed by atoms with van der Waals surface area (Å²) in [6.45, 7) is 2.90. The Balaban J connectivity index is 1.69. The third-order valence-electron chi connectivity index (χ3n) is 4.67. The van der Waals surface area contributed by atoms with E-state index in [9.17, 15) is 18.8 Å². The van der Waals surface area contributed by atoms with Gasteiger partial charge in [-0.1, -0.05) is 25.0 Å². The summed E-state index contributed by atoms with van der Waals surface area (Å²) in [7, 11) is 0. The standard InChI is InChI=1S/C19H27FN4O3/c1-2-24(12-17(25)21-11-14-7-9-15(20)10-8-14)13-18(26)23-19(27)22-16-5-3-4-6-16/h7-10,16H,2-6,11-13H2,1H3,(H,21,25)(H2,22,23,26,27)/p+1. The fourth-order valence-electron chi connectivity index (χ4n) is 3.09. The summed E-state index contributed by atoms with van der Waals surface area (Å²) in [5.74, 6) is -0.942. The van der Waals surface area contributed by atoms with E-state index in [1.165, 1.54) is 12.1 Å². The van der Waals surface area contributed by atoms with Gasteiger partial charge in [0.25, 0.3) is 11.8 Å². The van der Waals surface area contributed by atoms with Crippen LogP contribution in [-0.4, -0.2) is 43.5 Å². The molecule has 1 atom stereocenters.